The molecule has 0 amide bonds. The summed E-state index contributed by atoms with van der Waals surface area (Å²) in [6, 6.07) is 23.1. The van der Waals surface area contributed by atoms with Gasteiger partial charge in [-0.3, -0.25) is 15.5 Å². The molecule has 0 atom stereocenters. The molecule has 0 saturated heterocycles. The van der Waals surface area contributed by atoms with Gasteiger partial charge in [-0.15, -0.1) is 10.2 Å². The summed E-state index contributed by atoms with van der Waals surface area (Å²) in [7, 11) is 0. The first-order chi connectivity index (χ1) is 13.1. The number of nitrogens with one attached hydrogen (secondary N) is 1. The van der Waals surface area contributed by atoms with Gasteiger partial charge in [0.25, 0.3) is 5.69 Å². The van der Waals surface area contributed by atoms with E-state index in [1.165, 1.54) is 24.3 Å². The lowest BCUT2D eigenvalue weighted by atomic mass is 10.2. The maximum atomic E-state index is 10.7. The molecule has 0 aliphatic carbocycles. The molecule has 7 nitrogen and oxygen atoms in total. The molecule has 0 aliphatic rings. The van der Waals surface area contributed by atoms with Gasteiger partial charge in [0.15, 0.2) is 0 Å². The Hall–Kier alpha value is -3.14. The summed E-state index contributed by atoms with van der Waals surface area (Å²) < 4.78 is 1.13. The van der Waals surface area contributed by atoms with Crippen LogP contribution in [0.25, 0.3) is 0 Å². The number of hydrazone groups is 1. The van der Waals surface area contributed by atoms with Crippen molar-refractivity contribution in [2.75, 3.05) is 5.43 Å². The number of nitro groups is 1. The molecule has 3 aromatic rings. The fraction of sp³-hybridized carbons (Fsp3) is 0. The predicted octanol–water partition coefficient (Wildman–Crippen LogP) is 5.76. The number of anilines is 1. The molecule has 0 fully saturated rings. The van der Waals surface area contributed by atoms with Crippen LogP contribution in [0, 0.1) is 13.7 Å². The summed E-state index contributed by atoms with van der Waals surface area (Å²) in [5, 5.41) is 23.4. The summed E-state index contributed by atoms with van der Waals surface area (Å²) in [6.07, 6.45) is 0. The molecule has 134 valence electrons. The first-order valence-electron chi connectivity index (χ1n) is 7.93. The Morgan fingerprint density at radius 2 is 1.59 bits per heavy atom. The Labute approximate surface area is 169 Å². The van der Waals surface area contributed by atoms with E-state index in [1.54, 1.807) is 0 Å². The number of hydrogen-bond acceptors (Lipinski definition) is 5. The normalized spacial score (nSPS) is 11.5. The van der Waals surface area contributed by atoms with E-state index >= 15 is 0 Å². The highest BCUT2D eigenvalue weighted by Gasteiger charge is 2.05. The van der Waals surface area contributed by atoms with Crippen LogP contribution in [-0.4, -0.2) is 10.8 Å². The molecule has 3 rings (SSSR count). The van der Waals surface area contributed by atoms with Crippen LogP contribution < -0.4 is 5.43 Å². The van der Waals surface area contributed by atoms with Gasteiger partial charge in [0.05, 0.1) is 16.3 Å². The molecule has 1 N–H and O–H groups in total. The first-order valence-corrected chi connectivity index (χ1v) is 9.00. The average molecular weight is 471 g/mol. The summed E-state index contributed by atoms with van der Waals surface area (Å²) in [6.45, 7) is 0. The molecule has 0 radical (unpaired) electrons. The summed E-state index contributed by atoms with van der Waals surface area (Å²) in [5.74, 6) is 0.396. The van der Waals surface area contributed by atoms with E-state index in [2.05, 4.69) is 43.3 Å². The largest absolute Gasteiger partial charge is 0.276 e. The smallest absolute Gasteiger partial charge is 0.269 e. The van der Waals surface area contributed by atoms with Crippen LogP contribution in [0.3, 0.4) is 0 Å². The van der Waals surface area contributed by atoms with Crippen molar-refractivity contribution in [2.24, 2.45) is 15.3 Å². The zero-order chi connectivity index (χ0) is 19.1. The number of nitro benzene ring substituents is 1. The molecule has 0 unspecified atom stereocenters. The highest BCUT2D eigenvalue weighted by molar-refractivity contribution is 14.1. The molecule has 0 heterocycles. The van der Waals surface area contributed by atoms with E-state index in [0.29, 0.717) is 11.5 Å². The Kier molecular flexibility index (Phi) is 6.21. The SMILES string of the molecule is O=[N+]([O-])c1ccc(/N=N/C(=N/Nc2ccc(I)cc2)c2ccccc2)cc1. The van der Waals surface area contributed by atoms with Crippen LogP contribution >= 0.6 is 22.6 Å². The number of amidine groups is 1. The number of hydrogen-bond donors (Lipinski definition) is 1. The monoisotopic (exact) mass is 471 g/mol. The lowest BCUT2D eigenvalue weighted by Crippen LogP contribution is -2.01. The van der Waals surface area contributed by atoms with Gasteiger partial charge in [0.2, 0.25) is 5.84 Å². The number of nitrogens with zero attached hydrogens (tertiary/aromatic N) is 4. The second-order valence-corrected chi connectivity index (χ2v) is 6.64. The van der Waals surface area contributed by atoms with E-state index in [0.717, 1.165) is 14.8 Å². The number of halogens is 1. The van der Waals surface area contributed by atoms with Gasteiger partial charge >= 0.3 is 0 Å². The quantitative estimate of drug-likeness (QED) is 0.128. The topological polar surface area (TPSA) is 92.2 Å². The zero-order valence-corrected chi connectivity index (χ0v) is 16.1. The van der Waals surface area contributed by atoms with Crippen molar-refractivity contribution >= 4 is 45.5 Å². The van der Waals surface area contributed by atoms with Crippen LogP contribution in [0.5, 0.6) is 0 Å². The lowest BCUT2D eigenvalue weighted by molar-refractivity contribution is -0.384. The molecule has 27 heavy (non-hydrogen) atoms. The van der Waals surface area contributed by atoms with Gasteiger partial charge in [-0.05, 0) is 59.0 Å². The van der Waals surface area contributed by atoms with Crippen molar-refractivity contribution in [3.05, 3.63) is 98.1 Å². The van der Waals surface area contributed by atoms with Gasteiger partial charge in [0, 0.05) is 21.3 Å². The van der Waals surface area contributed by atoms with Gasteiger partial charge in [-0.25, -0.2) is 0 Å². The predicted molar refractivity (Wildman–Crippen MR) is 113 cm³/mol. The van der Waals surface area contributed by atoms with E-state index in [1.807, 2.05) is 54.6 Å². The van der Waals surface area contributed by atoms with Gasteiger partial charge in [-0.2, -0.15) is 5.10 Å². The van der Waals surface area contributed by atoms with Crippen LogP contribution in [0.2, 0.25) is 0 Å². The molecule has 3 aromatic carbocycles. The minimum atomic E-state index is -0.456. The zero-order valence-electron chi connectivity index (χ0n) is 14.0. The number of non-ortho nitro benzene ring substituents is 1. The van der Waals surface area contributed by atoms with Crippen molar-refractivity contribution < 1.29 is 4.92 Å². The standard InChI is InChI=1S/C19H14IN5O2/c20-15-6-8-16(9-7-15)21-23-19(14-4-2-1-3-5-14)24-22-17-10-12-18(13-11-17)25(26)27/h1-13,21H/b23-19+,24-22+. The second-order valence-electron chi connectivity index (χ2n) is 5.39. The first kappa shape index (κ1) is 18.6. The third kappa shape index (κ3) is 5.42. The van der Waals surface area contributed by atoms with Gasteiger partial charge in [-0.1, -0.05) is 30.3 Å². The van der Waals surface area contributed by atoms with Crippen LogP contribution in [0.15, 0.2) is 94.2 Å². The summed E-state index contributed by atoms with van der Waals surface area (Å²) >= 11 is 2.23. The Morgan fingerprint density at radius 3 is 2.22 bits per heavy atom. The van der Waals surface area contributed by atoms with Crippen molar-refractivity contribution in [3.8, 4) is 0 Å². The molecule has 8 heteroatoms. The van der Waals surface area contributed by atoms with Crippen molar-refractivity contribution in [3.63, 3.8) is 0 Å². The van der Waals surface area contributed by atoms with E-state index in [4.69, 9.17) is 0 Å². The number of azo groups is 1. The minimum absolute atomic E-state index is 0.00581. The van der Waals surface area contributed by atoms with Gasteiger partial charge < -0.3 is 0 Å². The molecule has 0 bridgehead atoms. The molecule has 0 saturated carbocycles. The van der Waals surface area contributed by atoms with E-state index in [9.17, 15) is 10.1 Å². The van der Waals surface area contributed by atoms with Gasteiger partial charge in [0.1, 0.15) is 0 Å². The molecular formula is C19H14IN5O2. The lowest BCUT2D eigenvalue weighted by Gasteiger charge is -2.03. The van der Waals surface area contributed by atoms with E-state index < -0.39 is 4.92 Å². The Balaban J connectivity index is 1.84. The highest BCUT2D eigenvalue weighted by atomic mass is 127. The summed E-state index contributed by atoms with van der Waals surface area (Å²) in [4.78, 5) is 10.3. The number of rotatable bonds is 5. The van der Waals surface area contributed by atoms with Crippen LogP contribution in [0.4, 0.5) is 17.1 Å². The van der Waals surface area contributed by atoms with Crippen molar-refractivity contribution in [1.82, 2.24) is 0 Å². The molecule has 0 aromatic heterocycles. The highest BCUT2D eigenvalue weighted by Crippen LogP contribution is 2.19. The third-order valence-electron chi connectivity index (χ3n) is 3.49. The fourth-order valence-electron chi connectivity index (χ4n) is 2.12. The average Bonchev–Trinajstić information content (AvgIpc) is 2.70. The minimum Gasteiger partial charge on any atom is -0.276 e. The molecule has 0 spiro atoms. The second kappa shape index (κ2) is 8.99. The Morgan fingerprint density at radius 1 is 0.926 bits per heavy atom. The van der Waals surface area contributed by atoms with Crippen LogP contribution in [0.1, 0.15) is 5.56 Å². The maximum Gasteiger partial charge on any atom is 0.269 e. The van der Waals surface area contributed by atoms with Crippen molar-refractivity contribution in [1.29, 1.82) is 0 Å². The fourth-order valence-corrected chi connectivity index (χ4v) is 2.48. The number of benzene rings is 3. The van der Waals surface area contributed by atoms with Crippen LogP contribution in [-0.2, 0) is 0 Å². The summed E-state index contributed by atoms with van der Waals surface area (Å²) in [5.41, 5.74) is 5.10. The maximum absolute atomic E-state index is 10.7. The Bertz CT molecular complexity index is 971. The third-order valence-corrected chi connectivity index (χ3v) is 4.21. The molecule has 0 aliphatic heterocycles. The molecular weight excluding hydrogens is 457 g/mol. The van der Waals surface area contributed by atoms with E-state index in [-0.39, 0.29) is 5.69 Å². The van der Waals surface area contributed by atoms with Crippen molar-refractivity contribution in [2.45, 2.75) is 0 Å².